The first kappa shape index (κ1) is 16.2. The molecule has 0 fully saturated rings. The van der Waals surface area contributed by atoms with Gasteiger partial charge in [0.2, 0.25) is 0 Å². The van der Waals surface area contributed by atoms with Gasteiger partial charge in [0.15, 0.2) is 11.6 Å². The van der Waals surface area contributed by atoms with Crippen molar-refractivity contribution in [3.63, 3.8) is 0 Å². The Morgan fingerprint density at radius 3 is 2.48 bits per heavy atom. The largest absolute Gasteiger partial charge is 0.494 e. The number of methoxy groups -OCH3 is 1. The van der Waals surface area contributed by atoms with Gasteiger partial charge in [0, 0.05) is 10.0 Å². The lowest BCUT2D eigenvalue weighted by molar-refractivity contribution is 0.386. The van der Waals surface area contributed by atoms with Crippen LogP contribution in [0.3, 0.4) is 0 Å². The second-order valence-electron chi connectivity index (χ2n) is 4.40. The van der Waals surface area contributed by atoms with Crippen LogP contribution >= 0.6 is 27.5 Å². The molecule has 2 rings (SSSR count). The summed E-state index contributed by atoms with van der Waals surface area (Å²) in [5, 5.41) is 3.35. The molecule has 2 aromatic carbocycles. The fourth-order valence-corrected chi connectivity index (χ4v) is 2.61. The van der Waals surface area contributed by atoms with Gasteiger partial charge in [0.25, 0.3) is 0 Å². The zero-order valence-electron chi connectivity index (χ0n) is 11.4. The lowest BCUT2D eigenvalue weighted by Gasteiger charge is -2.19. The van der Waals surface area contributed by atoms with E-state index in [0.29, 0.717) is 20.6 Å². The van der Waals surface area contributed by atoms with Crippen molar-refractivity contribution < 1.29 is 13.5 Å². The first-order chi connectivity index (χ1) is 9.97. The maximum Gasteiger partial charge on any atom is 0.165 e. The number of benzene rings is 2. The van der Waals surface area contributed by atoms with Crippen LogP contribution in [0.5, 0.6) is 5.75 Å². The minimum atomic E-state index is -0.518. The van der Waals surface area contributed by atoms with Crippen LogP contribution in [0.25, 0.3) is 0 Å². The lowest BCUT2D eigenvalue weighted by atomic mass is 9.98. The van der Waals surface area contributed by atoms with Gasteiger partial charge in [-0.2, -0.15) is 0 Å². The molecule has 0 spiro atoms. The standard InChI is InChI=1S/C15H13BrClF2NO/c1-20-15(8-3-4-14(21-2)13(19)5-8)9-6-11(17)10(16)7-12(9)18/h3-7,15,20H,1-2H3. The Bertz CT molecular complexity index is 666. The highest BCUT2D eigenvalue weighted by Crippen LogP contribution is 2.32. The van der Waals surface area contributed by atoms with E-state index in [9.17, 15) is 8.78 Å². The lowest BCUT2D eigenvalue weighted by Crippen LogP contribution is -2.19. The highest BCUT2D eigenvalue weighted by molar-refractivity contribution is 9.10. The molecule has 0 heterocycles. The number of nitrogens with one attached hydrogen (secondary N) is 1. The van der Waals surface area contributed by atoms with Gasteiger partial charge < -0.3 is 10.1 Å². The third kappa shape index (κ3) is 3.36. The highest BCUT2D eigenvalue weighted by Gasteiger charge is 2.19. The predicted octanol–water partition coefficient (Wildman–Crippen LogP) is 4.70. The molecule has 6 heteroatoms. The number of rotatable bonds is 4. The molecule has 1 N–H and O–H groups in total. The normalized spacial score (nSPS) is 12.3. The number of hydrogen-bond donors (Lipinski definition) is 1. The van der Waals surface area contributed by atoms with Crippen molar-refractivity contribution in [2.75, 3.05) is 14.2 Å². The molecule has 0 aromatic heterocycles. The molecule has 0 saturated heterocycles. The average Bonchev–Trinajstić information content (AvgIpc) is 2.45. The van der Waals surface area contributed by atoms with E-state index in [4.69, 9.17) is 16.3 Å². The van der Waals surface area contributed by atoms with Crippen molar-refractivity contribution in [2.45, 2.75) is 6.04 Å². The summed E-state index contributed by atoms with van der Waals surface area (Å²) < 4.78 is 33.3. The molecule has 21 heavy (non-hydrogen) atoms. The summed E-state index contributed by atoms with van der Waals surface area (Å²) in [7, 11) is 3.06. The summed E-state index contributed by atoms with van der Waals surface area (Å²) in [4.78, 5) is 0. The average molecular weight is 377 g/mol. The van der Waals surface area contributed by atoms with E-state index < -0.39 is 17.7 Å². The van der Waals surface area contributed by atoms with Crippen LogP contribution in [0.4, 0.5) is 8.78 Å². The Morgan fingerprint density at radius 1 is 1.19 bits per heavy atom. The monoisotopic (exact) mass is 375 g/mol. The third-order valence-electron chi connectivity index (χ3n) is 3.15. The minimum Gasteiger partial charge on any atom is -0.494 e. The number of ether oxygens (including phenoxy) is 1. The van der Waals surface area contributed by atoms with Crippen LogP contribution in [0.2, 0.25) is 5.02 Å². The maximum absolute atomic E-state index is 14.2. The smallest absolute Gasteiger partial charge is 0.165 e. The first-order valence-electron chi connectivity index (χ1n) is 6.13. The quantitative estimate of drug-likeness (QED) is 0.781. The zero-order valence-corrected chi connectivity index (χ0v) is 13.7. The maximum atomic E-state index is 14.2. The van der Waals surface area contributed by atoms with Crippen molar-refractivity contribution in [3.05, 3.63) is 62.6 Å². The highest BCUT2D eigenvalue weighted by atomic mass is 79.9. The molecule has 0 bridgehead atoms. The first-order valence-corrected chi connectivity index (χ1v) is 7.30. The summed E-state index contributed by atoms with van der Waals surface area (Å²) in [5.41, 5.74) is 0.920. The molecule has 0 amide bonds. The fraction of sp³-hybridized carbons (Fsp3) is 0.200. The van der Waals surface area contributed by atoms with Crippen LogP contribution in [0.1, 0.15) is 17.2 Å². The number of hydrogen-bond acceptors (Lipinski definition) is 2. The molecule has 112 valence electrons. The van der Waals surface area contributed by atoms with Crippen molar-refractivity contribution in [3.8, 4) is 5.75 Å². The Labute approximate surface area is 135 Å². The van der Waals surface area contributed by atoms with E-state index in [0.717, 1.165) is 0 Å². The minimum absolute atomic E-state index is 0.142. The molecular formula is C15H13BrClF2NO. The van der Waals surface area contributed by atoms with Crippen LogP contribution in [-0.4, -0.2) is 14.2 Å². The molecule has 0 aliphatic carbocycles. The van der Waals surface area contributed by atoms with Gasteiger partial charge in [-0.25, -0.2) is 8.78 Å². The SMILES string of the molecule is CNC(c1ccc(OC)c(F)c1)c1cc(Cl)c(Br)cc1F. The van der Waals surface area contributed by atoms with Gasteiger partial charge in [0.1, 0.15) is 5.82 Å². The van der Waals surface area contributed by atoms with Gasteiger partial charge in [-0.15, -0.1) is 0 Å². The second-order valence-corrected chi connectivity index (χ2v) is 5.67. The van der Waals surface area contributed by atoms with Gasteiger partial charge in [-0.1, -0.05) is 17.7 Å². The molecule has 2 aromatic rings. The predicted molar refractivity (Wildman–Crippen MR) is 83.0 cm³/mol. The summed E-state index contributed by atoms with van der Waals surface area (Å²) >= 11 is 9.19. The van der Waals surface area contributed by atoms with Crippen LogP contribution in [0.15, 0.2) is 34.8 Å². The molecule has 0 saturated carbocycles. The Balaban J connectivity index is 2.49. The van der Waals surface area contributed by atoms with Crippen molar-refractivity contribution in [1.82, 2.24) is 5.32 Å². The van der Waals surface area contributed by atoms with E-state index >= 15 is 0 Å². The van der Waals surface area contributed by atoms with Crippen LogP contribution in [0, 0.1) is 11.6 Å². The Morgan fingerprint density at radius 2 is 1.90 bits per heavy atom. The third-order valence-corrected chi connectivity index (χ3v) is 4.35. The van der Waals surface area contributed by atoms with E-state index in [1.54, 1.807) is 13.1 Å². The molecule has 0 radical (unpaired) electrons. The van der Waals surface area contributed by atoms with Crippen LogP contribution < -0.4 is 10.1 Å². The number of halogens is 4. The van der Waals surface area contributed by atoms with Gasteiger partial charge in [-0.3, -0.25) is 0 Å². The molecular weight excluding hydrogens is 364 g/mol. The van der Waals surface area contributed by atoms with Gasteiger partial charge >= 0.3 is 0 Å². The van der Waals surface area contributed by atoms with Gasteiger partial charge in [0.05, 0.1) is 18.2 Å². The van der Waals surface area contributed by atoms with Crippen molar-refractivity contribution in [2.24, 2.45) is 0 Å². The summed E-state index contributed by atoms with van der Waals surface area (Å²) in [6.07, 6.45) is 0. The van der Waals surface area contributed by atoms with Crippen molar-refractivity contribution in [1.29, 1.82) is 0 Å². The van der Waals surface area contributed by atoms with E-state index in [1.165, 1.54) is 31.4 Å². The Hall–Kier alpha value is -1.17. The molecule has 1 atom stereocenters. The van der Waals surface area contributed by atoms with E-state index in [1.807, 2.05) is 0 Å². The molecule has 2 nitrogen and oxygen atoms in total. The molecule has 0 aliphatic rings. The summed E-state index contributed by atoms with van der Waals surface area (Å²) in [6, 6.07) is 6.80. The van der Waals surface area contributed by atoms with E-state index in [-0.39, 0.29) is 5.75 Å². The topological polar surface area (TPSA) is 21.3 Å². The summed E-state index contributed by atoms with van der Waals surface area (Å²) in [5.74, 6) is -0.788. The van der Waals surface area contributed by atoms with Crippen LogP contribution in [-0.2, 0) is 0 Å². The Kier molecular flexibility index (Phi) is 5.19. The zero-order chi connectivity index (χ0) is 15.6. The van der Waals surface area contributed by atoms with E-state index in [2.05, 4.69) is 21.2 Å². The second kappa shape index (κ2) is 6.73. The molecule has 0 aliphatic heterocycles. The van der Waals surface area contributed by atoms with Crippen molar-refractivity contribution >= 4 is 27.5 Å². The fourth-order valence-electron chi connectivity index (χ4n) is 2.12. The summed E-state index contributed by atoms with van der Waals surface area (Å²) in [6.45, 7) is 0. The van der Waals surface area contributed by atoms with Gasteiger partial charge in [-0.05, 0) is 52.8 Å². The molecule has 1 unspecified atom stereocenters.